The molecule has 0 bridgehead atoms. The Morgan fingerprint density at radius 2 is 1.72 bits per heavy atom. The maximum atomic E-state index is 14.8. The van der Waals surface area contributed by atoms with Gasteiger partial charge in [0.25, 0.3) is 5.91 Å². The summed E-state index contributed by atoms with van der Waals surface area (Å²) >= 11 is 1.07. The van der Waals surface area contributed by atoms with E-state index in [4.69, 9.17) is 25.2 Å². The maximum Gasteiger partial charge on any atom is 0.277 e. The van der Waals surface area contributed by atoms with Gasteiger partial charge in [0.1, 0.15) is 11.6 Å². The summed E-state index contributed by atoms with van der Waals surface area (Å²) in [6.45, 7) is 4.76. The number of carbonyl (C=O) groups is 1. The summed E-state index contributed by atoms with van der Waals surface area (Å²) < 4.78 is 26.4. The van der Waals surface area contributed by atoms with E-state index in [1.807, 2.05) is 56.9 Å². The van der Waals surface area contributed by atoms with Crippen molar-refractivity contribution in [3.8, 4) is 22.8 Å². The van der Waals surface area contributed by atoms with Crippen molar-refractivity contribution < 1.29 is 18.7 Å². The summed E-state index contributed by atoms with van der Waals surface area (Å²) in [5.41, 5.74) is 7.25. The highest BCUT2D eigenvalue weighted by molar-refractivity contribution is 7.12. The van der Waals surface area contributed by atoms with Crippen LogP contribution in [0.1, 0.15) is 23.6 Å². The van der Waals surface area contributed by atoms with Crippen molar-refractivity contribution in [2.45, 2.75) is 13.8 Å². The second-order valence-electron chi connectivity index (χ2n) is 8.05. The molecule has 4 rings (SSSR count). The molecule has 0 aliphatic carbocycles. The van der Waals surface area contributed by atoms with Crippen molar-refractivity contribution in [2.75, 3.05) is 44.2 Å². The lowest BCUT2D eigenvalue weighted by Crippen LogP contribution is -2.18. The highest BCUT2D eigenvalue weighted by Crippen LogP contribution is 2.39. The molecule has 0 saturated heterocycles. The number of amides is 1. The lowest BCUT2D eigenvalue weighted by Gasteiger charge is -2.23. The number of aromatic nitrogens is 3. The molecular formula is C25H27FN6O3S. The van der Waals surface area contributed by atoms with Gasteiger partial charge in [-0.1, -0.05) is 0 Å². The Morgan fingerprint density at radius 1 is 1.03 bits per heavy atom. The predicted molar refractivity (Wildman–Crippen MR) is 140 cm³/mol. The van der Waals surface area contributed by atoms with Gasteiger partial charge in [-0.2, -0.15) is 4.98 Å². The number of carbonyl (C=O) groups excluding carboxylic acids is 1. The largest absolute Gasteiger partial charge is 0.490 e. The molecule has 0 fully saturated rings. The Kier molecular flexibility index (Phi) is 7.20. The summed E-state index contributed by atoms with van der Waals surface area (Å²) in [5, 5.41) is 2.47. The number of benzene rings is 2. The SMILES string of the molecule is CCOc1cc2nc(N(C)C)nc(N(C)c3ccc(F)c(-c4csc(C(N)=O)n4)c3)c2cc1OCC. The number of anilines is 3. The molecule has 9 nitrogen and oxygen atoms in total. The van der Waals surface area contributed by atoms with E-state index in [0.29, 0.717) is 53.4 Å². The molecule has 0 spiro atoms. The van der Waals surface area contributed by atoms with E-state index in [1.165, 1.54) is 6.07 Å². The summed E-state index contributed by atoms with van der Waals surface area (Å²) in [4.78, 5) is 28.8. The molecule has 188 valence electrons. The Hall–Kier alpha value is -3.99. The average Bonchev–Trinajstić information content (AvgIpc) is 3.34. The molecule has 0 atom stereocenters. The number of nitrogens with two attached hydrogens (primary N) is 1. The quantitative estimate of drug-likeness (QED) is 0.348. The van der Waals surface area contributed by atoms with Crippen LogP contribution in [0.25, 0.3) is 22.2 Å². The molecule has 2 N–H and O–H groups in total. The second-order valence-corrected chi connectivity index (χ2v) is 8.91. The van der Waals surface area contributed by atoms with Crippen LogP contribution in [-0.2, 0) is 0 Å². The van der Waals surface area contributed by atoms with Crippen molar-refractivity contribution in [3.63, 3.8) is 0 Å². The lowest BCUT2D eigenvalue weighted by atomic mass is 10.1. The first-order chi connectivity index (χ1) is 17.2. The number of hydrogen-bond acceptors (Lipinski definition) is 9. The van der Waals surface area contributed by atoms with Crippen LogP contribution < -0.4 is 25.0 Å². The molecule has 2 aromatic carbocycles. The van der Waals surface area contributed by atoms with Crippen molar-refractivity contribution in [2.24, 2.45) is 5.73 Å². The zero-order valence-corrected chi connectivity index (χ0v) is 21.5. The van der Waals surface area contributed by atoms with Crippen molar-refractivity contribution in [1.82, 2.24) is 15.0 Å². The molecule has 4 aromatic rings. The van der Waals surface area contributed by atoms with Crippen LogP contribution in [0, 0.1) is 5.82 Å². The lowest BCUT2D eigenvalue weighted by molar-refractivity contribution is 0.1000. The Labute approximate surface area is 212 Å². The third-order valence-electron chi connectivity index (χ3n) is 5.37. The molecule has 11 heteroatoms. The van der Waals surface area contributed by atoms with E-state index < -0.39 is 11.7 Å². The summed E-state index contributed by atoms with van der Waals surface area (Å²) in [7, 11) is 5.56. The standard InChI is InChI=1S/C25H27FN6O3S/c1-6-34-20-11-16-18(12-21(20)35-7-2)29-25(31(3)4)30-23(16)32(5)14-8-9-17(26)15(10-14)19-13-36-24(28-19)22(27)33/h8-13H,6-7H2,1-5H3,(H2,27,33). The molecule has 2 heterocycles. The maximum absolute atomic E-state index is 14.8. The van der Waals surface area contributed by atoms with Crippen molar-refractivity contribution in [1.29, 1.82) is 0 Å². The molecule has 0 unspecified atom stereocenters. The Morgan fingerprint density at radius 3 is 2.33 bits per heavy atom. The Balaban J connectivity index is 1.87. The third kappa shape index (κ3) is 4.87. The number of hydrogen-bond donors (Lipinski definition) is 1. The molecule has 1 amide bonds. The van der Waals surface area contributed by atoms with E-state index in [0.717, 1.165) is 16.7 Å². The molecule has 0 aliphatic rings. The van der Waals surface area contributed by atoms with Gasteiger partial charge in [-0.05, 0) is 38.1 Å². The first-order valence-electron chi connectivity index (χ1n) is 11.3. The molecule has 0 saturated carbocycles. The van der Waals surface area contributed by atoms with Crippen LogP contribution in [-0.4, -0.2) is 55.2 Å². The molecule has 2 aromatic heterocycles. The molecule has 0 aliphatic heterocycles. The number of halogens is 1. The van der Waals surface area contributed by atoms with Gasteiger partial charge >= 0.3 is 0 Å². The second kappa shape index (κ2) is 10.3. The van der Waals surface area contributed by atoms with E-state index in [1.54, 1.807) is 17.5 Å². The van der Waals surface area contributed by atoms with E-state index in [-0.39, 0.29) is 10.6 Å². The number of nitrogens with zero attached hydrogens (tertiary/aromatic N) is 5. The zero-order valence-electron chi connectivity index (χ0n) is 20.7. The van der Waals surface area contributed by atoms with Crippen LogP contribution in [0.3, 0.4) is 0 Å². The number of thiazole rings is 1. The van der Waals surface area contributed by atoms with E-state index in [2.05, 4.69) is 4.98 Å². The first kappa shape index (κ1) is 25.1. The minimum absolute atomic E-state index is 0.120. The van der Waals surface area contributed by atoms with Gasteiger partial charge in [0.05, 0.1) is 24.4 Å². The monoisotopic (exact) mass is 510 g/mol. The number of fused-ring (bicyclic) bond motifs is 1. The molecule has 0 radical (unpaired) electrons. The highest BCUT2D eigenvalue weighted by Gasteiger charge is 2.20. The fourth-order valence-electron chi connectivity index (χ4n) is 3.65. The Bertz CT molecular complexity index is 1420. The van der Waals surface area contributed by atoms with E-state index in [9.17, 15) is 9.18 Å². The predicted octanol–water partition coefficient (Wildman–Crippen LogP) is 4.62. The van der Waals surface area contributed by atoms with Crippen LogP contribution in [0.15, 0.2) is 35.7 Å². The van der Waals surface area contributed by atoms with E-state index >= 15 is 0 Å². The number of primary amides is 1. The molecular weight excluding hydrogens is 483 g/mol. The fraction of sp³-hybridized carbons (Fsp3) is 0.280. The van der Waals surface area contributed by atoms with Gasteiger partial charge in [-0.25, -0.2) is 14.4 Å². The van der Waals surface area contributed by atoms with Crippen LogP contribution in [0.4, 0.5) is 21.8 Å². The number of rotatable bonds is 9. The van der Waals surface area contributed by atoms with Crippen LogP contribution in [0.2, 0.25) is 0 Å². The highest BCUT2D eigenvalue weighted by atomic mass is 32.1. The van der Waals surface area contributed by atoms with Gasteiger partial charge in [0.15, 0.2) is 16.5 Å². The van der Waals surface area contributed by atoms with Crippen molar-refractivity contribution >= 4 is 45.6 Å². The molecule has 36 heavy (non-hydrogen) atoms. The zero-order chi connectivity index (χ0) is 26.0. The van der Waals surface area contributed by atoms with Gasteiger partial charge in [0, 0.05) is 49.2 Å². The average molecular weight is 511 g/mol. The third-order valence-corrected chi connectivity index (χ3v) is 6.23. The normalized spacial score (nSPS) is 10.9. The van der Waals surface area contributed by atoms with Gasteiger partial charge < -0.3 is 25.0 Å². The summed E-state index contributed by atoms with van der Waals surface area (Å²) in [6, 6.07) is 8.38. The summed E-state index contributed by atoms with van der Waals surface area (Å²) in [5.74, 6) is 1.17. The van der Waals surface area contributed by atoms with Crippen LogP contribution in [0.5, 0.6) is 11.5 Å². The smallest absolute Gasteiger partial charge is 0.277 e. The summed E-state index contributed by atoms with van der Waals surface area (Å²) in [6.07, 6.45) is 0. The minimum Gasteiger partial charge on any atom is -0.490 e. The topological polar surface area (TPSA) is 107 Å². The fourth-order valence-corrected chi connectivity index (χ4v) is 4.32. The van der Waals surface area contributed by atoms with Gasteiger partial charge in [-0.3, -0.25) is 4.79 Å². The van der Waals surface area contributed by atoms with Crippen LogP contribution >= 0.6 is 11.3 Å². The van der Waals surface area contributed by atoms with Crippen molar-refractivity contribution in [3.05, 3.63) is 46.5 Å². The first-order valence-corrected chi connectivity index (χ1v) is 12.2. The minimum atomic E-state index is -0.653. The van der Waals surface area contributed by atoms with Gasteiger partial charge in [0.2, 0.25) is 5.95 Å². The number of ether oxygens (including phenoxy) is 2. The van der Waals surface area contributed by atoms with Gasteiger partial charge in [-0.15, -0.1) is 11.3 Å².